The standard InChI is InChI=1S/C22H24N4O3.ClH/c1-14-8-10-15(11-9-14)22(2)20(28)26(21(29)24-22)13-19(27)25-12-4-5-16-17(23)6-3-7-18(16)25;/h3,6-11H,4-5,12-13,23H2,1-2H3,(H,24,29);1H. The molecule has 1 unspecified atom stereocenters. The Morgan fingerprint density at radius 2 is 1.87 bits per heavy atom. The van der Waals surface area contributed by atoms with Gasteiger partial charge in [-0.3, -0.25) is 14.5 Å². The zero-order chi connectivity index (χ0) is 20.8. The highest BCUT2D eigenvalue weighted by Crippen LogP contribution is 2.32. The topological polar surface area (TPSA) is 95.7 Å². The quantitative estimate of drug-likeness (QED) is 0.580. The Kier molecular flexibility index (Phi) is 5.76. The number of carbonyl (C=O) groups is 3. The van der Waals surface area contributed by atoms with Gasteiger partial charge in [0.05, 0.1) is 0 Å². The molecule has 1 atom stereocenters. The maximum Gasteiger partial charge on any atom is 0.325 e. The summed E-state index contributed by atoms with van der Waals surface area (Å²) in [5.74, 6) is -0.724. The van der Waals surface area contributed by atoms with Gasteiger partial charge in [-0.1, -0.05) is 35.9 Å². The molecule has 0 aromatic heterocycles. The Labute approximate surface area is 181 Å². The first-order valence-corrected chi connectivity index (χ1v) is 9.70. The first-order valence-electron chi connectivity index (χ1n) is 9.70. The van der Waals surface area contributed by atoms with Gasteiger partial charge >= 0.3 is 6.03 Å². The third-order valence-electron chi connectivity index (χ3n) is 5.79. The maximum absolute atomic E-state index is 13.1. The molecule has 1 fully saturated rings. The van der Waals surface area contributed by atoms with Crippen molar-refractivity contribution >= 4 is 41.6 Å². The number of benzene rings is 2. The number of fused-ring (bicyclic) bond motifs is 1. The van der Waals surface area contributed by atoms with E-state index in [1.165, 1.54) is 0 Å². The van der Waals surface area contributed by atoms with Crippen LogP contribution in [0.1, 0.15) is 30.0 Å². The van der Waals surface area contributed by atoms with Crippen LogP contribution in [0.4, 0.5) is 16.2 Å². The number of halogens is 1. The Bertz CT molecular complexity index is 1010. The minimum Gasteiger partial charge on any atom is -0.398 e. The van der Waals surface area contributed by atoms with Crippen molar-refractivity contribution in [2.24, 2.45) is 0 Å². The lowest BCUT2D eigenvalue weighted by molar-refractivity contribution is -0.134. The molecule has 0 spiro atoms. The van der Waals surface area contributed by atoms with Gasteiger partial charge in [0.1, 0.15) is 12.1 Å². The molecular formula is C22H25ClN4O3. The van der Waals surface area contributed by atoms with Crippen molar-refractivity contribution in [3.05, 3.63) is 59.2 Å². The van der Waals surface area contributed by atoms with Crippen molar-refractivity contribution in [1.29, 1.82) is 0 Å². The second-order valence-corrected chi connectivity index (χ2v) is 7.81. The molecule has 0 aliphatic carbocycles. The van der Waals surface area contributed by atoms with Gasteiger partial charge in [0.25, 0.3) is 5.91 Å². The van der Waals surface area contributed by atoms with Crippen LogP contribution < -0.4 is 16.0 Å². The largest absolute Gasteiger partial charge is 0.398 e. The summed E-state index contributed by atoms with van der Waals surface area (Å²) in [4.78, 5) is 41.3. The van der Waals surface area contributed by atoms with E-state index in [0.717, 1.165) is 34.6 Å². The van der Waals surface area contributed by atoms with Crippen molar-refractivity contribution in [2.75, 3.05) is 23.7 Å². The molecule has 2 aliphatic rings. The summed E-state index contributed by atoms with van der Waals surface area (Å²) in [6.45, 7) is 3.85. The van der Waals surface area contributed by atoms with Gasteiger partial charge in [-0.25, -0.2) is 4.79 Å². The Balaban J connectivity index is 0.00000256. The summed E-state index contributed by atoms with van der Waals surface area (Å²) >= 11 is 0. The van der Waals surface area contributed by atoms with Crippen LogP contribution in [0, 0.1) is 6.92 Å². The summed E-state index contributed by atoms with van der Waals surface area (Å²) in [7, 11) is 0. The van der Waals surface area contributed by atoms with Crippen LogP contribution in [0.2, 0.25) is 0 Å². The number of anilines is 2. The van der Waals surface area contributed by atoms with Gasteiger partial charge in [0, 0.05) is 17.9 Å². The first-order chi connectivity index (χ1) is 13.8. The van der Waals surface area contributed by atoms with E-state index in [4.69, 9.17) is 5.73 Å². The summed E-state index contributed by atoms with van der Waals surface area (Å²) < 4.78 is 0. The summed E-state index contributed by atoms with van der Waals surface area (Å²) in [5.41, 5.74) is 8.97. The molecule has 4 amide bonds. The number of urea groups is 1. The Hall–Kier alpha value is -3.06. The highest BCUT2D eigenvalue weighted by atomic mass is 35.5. The number of carbonyl (C=O) groups excluding carboxylic acids is 3. The van der Waals surface area contributed by atoms with Gasteiger partial charge in [-0.2, -0.15) is 0 Å². The number of nitrogens with zero attached hydrogens (tertiary/aromatic N) is 2. The number of aryl methyl sites for hydroxylation is 1. The smallest absolute Gasteiger partial charge is 0.325 e. The highest BCUT2D eigenvalue weighted by molar-refractivity contribution is 6.10. The van der Waals surface area contributed by atoms with Crippen LogP contribution in [-0.2, 0) is 21.5 Å². The minimum absolute atomic E-state index is 0. The van der Waals surface area contributed by atoms with Crippen molar-refractivity contribution in [2.45, 2.75) is 32.2 Å². The summed E-state index contributed by atoms with van der Waals surface area (Å²) in [6.07, 6.45) is 1.59. The van der Waals surface area contributed by atoms with Crippen LogP contribution in [-0.4, -0.2) is 35.8 Å². The van der Waals surface area contributed by atoms with Crippen molar-refractivity contribution in [3.8, 4) is 0 Å². The number of nitrogens with two attached hydrogens (primary N) is 1. The molecule has 1 saturated heterocycles. The fourth-order valence-corrected chi connectivity index (χ4v) is 4.05. The second-order valence-electron chi connectivity index (χ2n) is 7.81. The number of imide groups is 1. The number of amides is 4. The van der Waals surface area contributed by atoms with Crippen molar-refractivity contribution < 1.29 is 14.4 Å². The average molecular weight is 429 g/mol. The molecular weight excluding hydrogens is 404 g/mol. The van der Waals surface area contributed by atoms with Crippen LogP contribution >= 0.6 is 12.4 Å². The van der Waals surface area contributed by atoms with Gasteiger partial charge in [-0.15, -0.1) is 12.4 Å². The lowest BCUT2D eigenvalue weighted by atomic mass is 9.91. The lowest BCUT2D eigenvalue weighted by Gasteiger charge is -2.31. The molecule has 2 aromatic rings. The molecule has 4 rings (SSSR count). The molecule has 7 nitrogen and oxygen atoms in total. The number of nitrogens with one attached hydrogen (secondary N) is 1. The lowest BCUT2D eigenvalue weighted by Crippen LogP contribution is -2.46. The predicted molar refractivity (Wildman–Crippen MR) is 118 cm³/mol. The monoisotopic (exact) mass is 428 g/mol. The van der Waals surface area contributed by atoms with E-state index in [1.54, 1.807) is 11.8 Å². The zero-order valence-electron chi connectivity index (χ0n) is 17.0. The van der Waals surface area contributed by atoms with Crippen LogP contribution in [0.3, 0.4) is 0 Å². The zero-order valence-corrected chi connectivity index (χ0v) is 17.8. The van der Waals surface area contributed by atoms with E-state index in [0.29, 0.717) is 17.8 Å². The average Bonchev–Trinajstić information content (AvgIpc) is 2.92. The number of hydrogen-bond acceptors (Lipinski definition) is 4. The van der Waals surface area contributed by atoms with Crippen LogP contribution in [0.15, 0.2) is 42.5 Å². The third-order valence-corrected chi connectivity index (χ3v) is 5.79. The molecule has 158 valence electrons. The second kappa shape index (κ2) is 7.99. The minimum atomic E-state index is -1.19. The molecule has 2 heterocycles. The molecule has 8 heteroatoms. The van der Waals surface area contributed by atoms with Crippen molar-refractivity contribution in [1.82, 2.24) is 10.2 Å². The summed E-state index contributed by atoms with van der Waals surface area (Å²) in [5, 5.41) is 2.75. The predicted octanol–water partition coefficient (Wildman–Crippen LogP) is 2.75. The van der Waals surface area contributed by atoms with Gasteiger partial charge in [0.2, 0.25) is 5.91 Å². The van der Waals surface area contributed by atoms with E-state index in [-0.39, 0.29) is 24.9 Å². The van der Waals surface area contributed by atoms with Crippen LogP contribution in [0.25, 0.3) is 0 Å². The fraction of sp³-hybridized carbons (Fsp3) is 0.318. The van der Waals surface area contributed by atoms with Gasteiger partial charge in [-0.05, 0) is 49.9 Å². The molecule has 2 aliphatic heterocycles. The van der Waals surface area contributed by atoms with E-state index in [1.807, 2.05) is 49.4 Å². The molecule has 30 heavy (non-hydrogen) atoms. The third kappa shape index (κ3) is 3.50. The highest BCUT2D eigenvalue weighted by Gasteiger charge is 2.49. The Morgan fingerprint density at radius 1 is 1.17 bits per heavy atom. The SMILES string of the molecule is Cc1ccc(C2(C)NC(=O)N(CC(=O)N3CCCc4c(N)cccc43)C2=O)cc1.Cl. The molecule has 0 bridgehead atoms. The van der Waals surface area contributed by atoms with Crippen LogP contribution in [0.5, 0.6) is 0 Å². The van der Waals surface area contributed by atoms with E-state index in [9.17, 15) is 14.4 Å². The molecule has 3 N–H and O–H groups in total. The van der Waals surface area contributed by atoms with Gasteiger partial charge < -0.3 is 16.0 Å². The normalized spacial score (nSPS) is 20.5. The molecule has 0 saturated carbocycles. The Morgan fingerprint density at radius 3 is 2.57 bits per heavy atom. The first kappa shape index (κ1) is 21.6. The molecule has 0 radical (unpaired) electrons. The van der Waals surface area contributed by atoms with E-state index < -0.39 is 17.5 Å². The molecule has 2 aromatic carbocycles. The maximum atomic E-state index is 13.1. The van der Waals surface area contributed by atoms with E-state index >= 15 is 0 Å². The number of rotatable bonds is 3. The van der Waals surface area contributed by atoms with Crippen molar-refractivity contribution in [3.63, 3.8) is 0 Å². The fourth-order valence-electron chi connectivity index (χ4n) is 4.05. The van der Waals surface area contributed by atoms with Gasteiger partial charge in [0.15, 0.2) is 0 Å². The number of nitrogen functional groups attached to an aromatic ring is 1. The number of hydrogen-bond donors (Lipinski definition) is 2. The summed E-state index contributed by atoms with van der Waals surface area (Å²) in [6, 6.07) is 12.3. The van der Waals surface area contributed by atoms with E-state index in [2.05, 4.69) is 5.32 Å².